The Labute approximate surface area is 76.7 Å². The standard InChI is InChI=1S/C6H10NS.HI/c1-3-6-7(2)4-5-8-6;/h4-5H,3H2,1-2H3;1H/q+1;/p-1. The molecule has 1 aromatic heterocycles. The summed E-state index contributed by atoms with van der Waals surface area (Å²) in [4.78, 5) is 0. The van der Waals surface area contributed by atoms with E-state index in [2.05, 4.69) is 30.1 Å². The van der Waals surface area contributed by atoms with Crippen LogP contribution in [0.4, 0.5) is 0 Å². The fourth-order valence-corrected chi connectivity index (χ4v) is 1.49. The third-order valence-electron chi connectivity index (χ3n) is 1.18. The van der Waals surface area contributed by atoms with E-state index in [1.54, 1.807) is 0 Å². The highest BCUT2D eigenvalue weighted by atomic mass is 127. The lowest BCUT2D eigenvalue weighted by Crippen LogP contribution is -3.00. The Morgan fingerprint density at radius 3 is 2.56 bits per heavy atom. The largest absolute Gasteiger partial charge is 1.00 e. The monoisotopic (exact) mass is 255 g/mol. The van der Waals surface area contributed by atoms with E-state index < -0.39 is 0 Å². The molecule has 0 aliphatic rings. The zero-order valence-corrected chi connectivity index (χ0v) is 8.57. The van der Waals surface area contributed by atoms with Gasteiger partial charge < -0.3 is 24.0 Å². The summed E-state index contributed by atoms with van der Waals surface area (Å²) in [5, 5.41) is 3.55. The van der Waals surface area contributed by atoms with Gasteiger partial charge in [0.05, 0.1) is 5.38 Å². The average Bonchev–Trinajstić information content (AvgIpc) is 2.14. The third kappa shape index (κ3) is 2.21. The van der Waals surface area contributed by atoms with Gasteiger partial charge in [0.25, 0.3) is 0 Å². The maximum atomic E-state index is 2.17. The molecule has 0 saturated heterocycles. The van der Waals surface area contributed by atoms with Crippen LogP contribution in [0.5, 0.6) is 0 Å². The van der Waals surface area contributed by atoms with E-state index in [0.717, 1.165) is 6.42 Å². The smallest absolute Gasteiger partial charge is 0.236 e. The van der Waals surface area contributed by atoms with Crippen LogP contribution in [0.3, 0.4) is 0 Å². The van der Waals surface area contributed by atoms with Crippen molar-refractivity contribution in [2.45, 2.75) is 13.3 Å². The van der Waals surface area contributed by atoms with Gasteiger partial charge in [-0.25, -0.2) is 0 Å². The summed E-state index contributed by atoms with van der Waals surface area (Å²) in [7, 11) is 2.08. The van der Waals surface area contributed by atoms with Crippen LogP contribution in [0, 0.1) is 0 Å². The Kier molecular flexibility index (Phi) is 4.39. The summed E-state index contributed by atoms with van der Waals surface area (Å²) in [6, 6.07) is 0. The fraction of sp³-hybridized carbons (Fsp3) is 0.500. The average molecular weight is 255 g/mol. The number of thiazole rings is 1. The Morgan fingerprint density at radius 1 is 1.67 bits per heavy atom. The van der Waals surface area contributed by atoms with Crippen molar-refractivity contribution in [3.05, 3.63) is 16.6 Å². The van der Waals surface area contributed by atoms with Gasteiger partial charge in [-0.3, -0.25) is 0 Å². The normalized spacial score (nSPS) is 8.67. The maximum Gasteiger partial charge on any atom is 0.236 e. The number of hydrogen-bond donors (Lipinski definition) is 0. The molecule has 0 saturated carbocycles. The first-order chi connectivity index (χ1) is 3.84. The molecule has 9 heavy (non-hydrogen) atoms. The number of aromatic nitrogens is 1. The fourth-order valence-electron chi connectivity index (χ4n) is 0.699. The molecule has 0 fully saturated rings. The molecule has 1 aromatic rings. The first-order valence-electron chi connectivity index (χ1n) is 2.76. The van der Waals surface area contributed by atoms with Crippen molar-refractivity contribution < 1.29 is 28.5 Å². The molecular weight excluding hydrogens is 245 g/mol. The predicted octanol–water partition coefficient (Wildman–Crippen LogP) is -1.86. The minimum atomic E-state index is 0. The molecule has 0 radical (unpaired) electrons. The van der Waals surface area contributed by atoms with Gasteiger partial charge in [-0.1, -0.05) is 18.3 Å². The summed E-state index contributed by atoms with van der Waals surface area (Å²) in [5.41, 5.74) is 0. The topological polar surface area (TPSA) is 3.88 Å². The molecule has 1 rings (SSSR count). The Bertz CT molecular complexity index is 173. The van der Waals surface area contributed by atoms with Gasteiger partial charge in [0, 0.05) is 6.42 Å². The first kappa shape index (κ1) is 9.36. The van der Waals surface area contributed by atoms with Crippen molar-refractivity contribution >= 4 is 11.3 Å². The summed E-state index contributed by atoms with van der Waals surface area (Å²) in [6.45, 7) is 2.17. The number of nitrogens with zero attached hydrogens (tertiary/aromatic N) is 1. The number of rotatable bonds is 1. The lowest BCUT2D eigenvalue weighted by molar-refractivity contribution is -0.673. The third-order valence-corrected chi connectivity index (χ3v) is 2.29. The molecule has 0 aliphatic heterocycles. The van der Waals surface area contributed by atoms with Crippen LogP contribution in [0.15, 0.2) is 11.6 Å². The summed E-state index contributed by atoms with van der Waals surface area (Å²) in [5.74, 6) is 0. The van der Waals surface area contributed by atoms with Gasteiger partial charge in [0.2, 0.25) is 5.01 Å². The second-order valence-electron chi connectivity index (χ2n) is 1.76. The lowest BCUT2D eigenvalue weighted by atomic mass is 10.5. The molecule has 0 N–H and O–H groups in total. The summed E-state index contributed by atoms with van der Waals surface area (Å²) < 4.78 is 2.16. The zero-order valence-electron chi connectivity index (χ0n) is 5.60. The second-order valence-corrected chi connectivity index (χ2v) is 2.74. The Hall–Kier alpha value is 0.360. The molecule has 0 spiro atoms. The van der Waals surface area contributed by atoms with Crippen LogP contribution in [0.1, 0.15) is 11.9 Å². The van der Waals surface area contributed by atoms with Crippen LogP contribution in [-0.2, 0) is 13.5 Å². The molecule has 1 heterocycles. The highest BCUT2D eigenvalue weighted by Gasteiger charge is 2.01. The number of halogens is 1. The van der Waals surface area contributed by atoms with Crippen molar-refractivity contribution in [1.29, 1.82) is 0 Å². The van der Waals surface area contributed by atoms with Crippen LogP contribution >= 0.6 is 11.3 Å². The first-order valence-corrected chi connectivity index (χ1v) is 3.64. The molecule has 0 aliphatic carbocycles. The van der Waals surface area contributed by atoms with Gasteiger partial charge in [-0.15, -0.1) is 0 Å². The molecular formula is C6H10INS. The van der Waals surface area contributed by atoms with Crippen molar-refractivity contribution in [1.82, 2.24) is 0 Å². The van der Waals surface area contributed by atoms with Crippen LogP contribution in [0.2, 0.25) is 0 Å². The van der Waals surface area contributed by atoms with Gasteiger partial charge in [0.15, 0.2) is 6.20 Å². The van der Waals surface area contributed by atoms with Crippen LogP contribution in [-0.4, -0.2) is 0 Å². The van der Waals surface area contributed by atoms with E-state index in [9.17, 15) is 0 Å². The van der Waals surface area contributed by atoms with Crippen LogP contribution < -0.4 is 28.5 Å². The Morgan fingerprint density at radius 2 is 2.33 bits per heavy atom. The molecule has 1 nitrogen and oxygen atoms in total. The van der Waals surface area contributed by atoms with E-state index in [0.29, 0.717) is 0 Å². The van der Waals surface area contributed by atoms with Crippen LogP contribution in [0.25, 0.3) is 0 Å². The number of aryl methyl sites for hydroxylation is 2. The van der Waals surface area contributed by atoms with E-state index in [4.69, 9.17) is 0 Å². The highest BCUT2D eigenvalue weighted by molar-refractivity contribution is 7.09. The SMILES string of the molecule is CCc1scc[n+]1C.[I-]. The summed E-state index contributed by atoms with van der Waals surface area (Å²) in [6.07, 6.45) is 3.23. The molecule has 0 amide bonds. The molecule has 3 heteroatoms. The van der Waals surface area contributed by atoms with E-state index in [-0.39, 0.29) is 24.0 Å². The van der Waals surface area contributed by atoms with Crippen molar-refractivity contribution in [2.75, 3.05) is 0 Å². The van der Waals surface area contributed by atoms with E-state index in [1.165, 1.54) is 5.01 Å². The molecule has 0 unspecified atom stereocenters. The van der Waals surface area contributed by atoms with Crippen molar-refractivity contribution in [2.24, 2.45) is 7.05 Å². The van der Waals surface area contributed by atoms with Gasteiger partial charge in [-0.05, 0) is 0 Å². The zero-order chi connectivity index (χ0) is 5.98. The quantitative estimate of drug-likeness (QED) is 0.409. The second kappa shape index (κ2) is 4.22. The van der Waals surface area contributed by atoms with E-state index >= 15 is 0 Å². The minimum Gasteiger partial charge on any atom is -1.00 e. The van der Waals surface area contributed by atoms with Gasteiger partial charge >= 0.3 is 0 Å². The predicted molar refractivity (Wildman–Crippen MR) is 34.9 cm³/mol. The minimum absolute atomic E-state index is 0. The van der Waals surface area contributed by atoms with Crippen molar-refractivity contribution in [3.8, 4) is 0 Å². The summed E-state index contributed by atoms with van der Waals surface area (Å²) >= 11 is 1.81. The molecule has 0 aromatic carbocycles. The van der Waals surface area contributed by atoms with Crippen molar-refractivity contribution in [3.63, 3.8) is 0 Å². The van der Waals surface area contributed by atoms with Gasteiger partial charge in [0.1, 0.15) is 7.05 Å². The van der Waals surface area contributed by atoms with E-state index in [1.807, 2.05) is 11.3 Å². The maximum absolute atomic E-state index is 2.17. The lowest BCUT2D eigenvalue weighted by Gasteiger charge is -1.81. The highest BCUT2D eigenvalue weighted by Crippen LogP contribution is 2.00. The molecule has 0 bridgehead atoms. The Balaban J connectivity index is 0.000000640. The van der Waals surface area contributed by atoms with Gasteiger partial charge in [-0.2, -0.15) is 4.57 Å². The molecule has 52 valence electrons. The molecule has 0 atom stereocenters. The number of hydrogen-bond acceptors (Lipinski definition) is 1.